The summed E-state index contributed by atoms with van der Waals surface area (Å²) in [6.45, 7) is 0. The predicted octanol–water partition coefficient (Wildman–Crippen LogP) is 2.25. The summed E-state index contributed by atoms with van der Waals surface area (Å²) in [7, 11) is 2.04. The van der Waals surface area contributed by atoms with Crippen LogP contribution in [0.15, 0.2) is 11.6 Å². The third kappa shape index (κ3) is 2.45. The van der Waals surface area contributed by atoms with Crippen molar-refractivity contribution in [3.63, 3.8) is 0 Å². The Bertz CT molecular complexity index is 257. The van der Waals surface area contributed by atoms with E-state index in [1.54, 1.807) is 11.5 Å². The van der Waals surface area contributed by atoms with Crippen molar-refractivity contribution in [1.82, 2.24) is 9.69 Å². The van der Waals surface area contributed by atoms with Crippen molar-refractivity contribution in [2.75, 3.05) is 24.3 Å². The van der Waals surface area contributed by atoms with Crippen LogP contribution < -0.4 is 5.32 Å². The molecule has 0 bridgehead atoms. The molecule has 0 aliphatic carbocycles. The van der Waals surface area contributed by atoms with Gasteiger partial charge in [0.1, 0.15) is 0 Å². The van der Waals surface area contributed by atoms with Crippen molar-refractivity contribution in [3.8, 4) is 0 Å². The zero-order chi connectivity index (χ0) is 9.80. The lowest BCUT2D eigenvalue weighted by Crippen LogP contribution is -2.31. The lowest BCUT2D eigenvalue weighted by Gasteiger charge is -2.28. The Balaban J connectivity index is 2.04. The van der Waals surface area contributed by atoms with Gasteiger partial charge < -0.3 is 5.32 Å². The highest BCUT2D eigenvalue weighted by Gasteiger charge is 2.25. The minimum atomic E-state index is 0.478. The second-order valence-electron chi connectivity index (χ2n) is 3.21. The molecule has 0 radical (unpaired) electrons. The zero-order valence-electron chi connectivity index (χ0n) is 8.10. The Hall–Kier alpha value is 0.290. The third-order valence-corrected chi connectivity index (χ3v) is 5.80. The van der Waals surface area contributed by atoms with E-state index in [4.69, 9.17) is 0 Å². The largest absolute Gasteiger partial charge is 0.312 e. The molecule has 1 saturated heterocycles. The van der Waals surface area contributed by atoms with Crippen LogP contribution in [0.5, 0.6) is 0 Å². The lowest BCUT2D eigenvalue weighted by molar-refractivity contribution is 0.593. The fraction of sp³-hybridized carbons (Fsp3) is 0.667. The maximum Gasteiger partial charge on any atom is 0.0470 e. The van der Waals surface area contributed by atoms with Gasteiger partial charge in [0, 0.05) is 45.7 Å². The maximum atomic E-state index is 4.17. The zero-order valence-corrected chi connectivity index (χ0v) is 10.6. The van der Waals surface area contributed by atoms with Gasteiger partial charge in [-0.05, 0) is 18.6 Å². The molecule has 1 aromatic rings. The Kier molecular flexibility index (Phi) is 4.16. The van der Waals surface area contributed by atoms with E-state index in [1.165, 1.54) is 22.8 Å². The van der Waals surface area contributed by atoms with Crippen molar-refractivity contribution in [2.45, 2.75) is 11.3 Å². The van der Waals surface area contributed by atoms with Gasteiger partial charge in [-0.25, -0.2) is 4.37 Å². The summed E-state index contributed by atoms with van der Waals surface area (Å²) in [4.78, 5) is 0. The SMILES string of the molecule is CNC(c1cnsc1)C1CSCCS1. The summed E-state index contributed by atoms with van der Waals surface area (Å²) in [6, 6.07) is 0.478. The monoisotopic (exact) mass is 246 g/mol. The maximum absolute atomic E-state index is 4.17. The van der Waals surface area contributed by atoms with Gasteiger partial charge in [-0.15, -0.1) is 0 Å². The van der Waals surface area contributed by atoms with Crippen molar-refractivity contribution >= 4 is 35.1 Å². The van der Waals surface area contributed by atoms with E-state index in [1.807, 2.05) is 13.2 Å². The Morgan fingerprint density at radius 1 is 1.57 bits per heavy atom. The molecule has 1 aliphatic heterocycles. The second kappa shape index (κ2) is 5.39. The van der Waals surface area contributed by atoms with Gasteiger partial charge in [-0.3, -0.25) is 0 Å². The summed E-state index contributed by atoms with van der Waals surface area (Å²) < 4.78 is 4.17. The van der Waals surface area contributed by atoms with E-state index < -0.39 is 0 Å². The van der Waals surface area contributed by atoms with Gasteiger partial charge in [0.2, 0.25) is 0 Å². The highest BCUT2D eigenvalue weighted by Crippen LogP contribution is 2.33. The van der Waals surface area contributed by atoms with Crippen LogP contribution in [-0.2, 0) is 0 Å². The van der Waals surface area contributed by atoms with Crippen LogP contribution in [0.1, 0.15) is 11.6 Å². The van der Waals surface area contributed by atoms with Gasteiger partial charge in [-0.2, -0.15) is 23.5 Å². The summed E-state index contributed by atoms with van der Waals surface area (Å²) >= 11 is 5.70. The molecule has 1 fully saturated rings. The van der Waals surface area contributed by atoms with E-state index in [0.717, 1.165) is 0 Å². The van der Waals surface area contributed by atoms with Crippen LogP contribution in [0.4, 0.5) is 0 Å². The normalized spacial score (nSPS) is 24.8. The molecule has 1 N–H and O–H groups in total. The average Bonchev–Trinajstić information content (AvgIpc) is 2.74. The Labute approximate surface area is 97.4 Å². The van der Waals surface area contributed by atoms with Crippen LogP contribution in [0, 0.1) is 0 Å². The molecule has 2 atom stereocenters. The summed E-state index contributed by atoms with van der Waals surface area (Å²) in [5, 5.41) is 6.26. The Morgan fingerprint density at radius 3 is 3.07 bits per heavy atom. The summed E-state index contributed by atoms with van der Waals surface area (Å²) in [5.41, 5.74) is 1.34. The van der Waals surface area contributed by atoms with Gasteiger partial charge >= 0.3 is 0 Å². The predicted molar refractivity (Wildman–Crippen MR) is 67.5 cm³/mol. The third-order valence-electron chi connectivity index (χ3n) is 2.34. The van der Waals surface area contributed by atoms with Crippen molar-refractivity contribution in [3.05, 3.63) is 17.1 Å². The fourth-order valence-corrected chi connectivity index (χ4v) is 5.11. The van der Waals surface area contributed by atoms with Gasteiger partial charge in [0.15, 0.2) is 0 Å². The standard InChI is InChI=1S/C9H14N2S3/c1-10-9(7-4-11-14-5-7)8-6-12-2-3-13-8/h4-5,8-10H,2-3,6H2,1H3. The number of nitrogens with zero attached hydrogens (tertiary/aromatic N) is 1. The van der Waals surface area contributed by atoms with Gasteiger partial charge in [-0.1, -0.05) is 0 Å². The summed E-state index contributed by atoms with van der Waals surface area (Å²) in [6.07, 6.45) is 1.99. The first-order chi connectivity index (χ1) is 6.92. The fourth-order valence-electron chi connectivity index (χ4n) is 1.63. The minimum absolute atomic E-state index is 0.478. The van der Waals surface area contributed by atoms with Gasteiger partial charge in [0.25, 0.3) is 0 Å². The molecule has 1 aromatic heterocycles. The number of thioether (sulfide) groups is 2. The van der Waals surface area contributed by atoms with E-state index in [9.17, 15) is 0 Å². The first-order valence-electron chi connectivity index (χ1n) is 4.67. The van der Waals surface area contributed by atoms with Crippen molar-refractivity contribution in [2.24, 2.45) is 0 Å². The number of rotatable bonds is 3. The number of hydrogen-bond donors (Lipinski definition) is 1. The summed E-state index contributed by atoms with van der Waals surface area (Å²) in [5.74, 6) is 3.84. The smallest absolute Gasteiger partial charge is 0.0470 e. The van der Waals surface area contributed by atoms with Crippen molar-refractivity contribution in [1.29, 1.82) is 0 Å². The molecule has 0 amide bonds. The van der Waals surface area contributed by atoms with Gasteiger partial charge in [0.05, 0.1) is 0 Å². The van der Waals surface area contributed by atoms with Crippen molar-refractivity contribution < 1.29 is 0 Å². The number of aromatic nitrogens is 1. The van der Waals surface area contributed by atoms with Crippen LogP contribution in [0.25, 0.3) is 0 Å². The first kappa shape index (κ1) is 10.8. The van der Waals surface area contributed by atoms with E-state index in [0.29, 0.717) is 11.3 Å². The van der Waals surface area contributed by atoms with Crippen LogP contribution in [0.2, 0.25) is 0 Å². The molecule has 2 rings (SSSR count). The molecule has 0 spiro atoms. The van der Waals surface area contributed by atoms with Crippen LogP contribution in [0.3, 0.4) is 0 Å². The molecule has 2 nitrogen and oxygen atoms in total. The van der Waals surface area contributed by atoms with E-state index >= 15 is 0 Å². The number of nitrogens with one attached hydrogen (secondary N) is 1. The molecule has 78 valence electrons. The quantitative estimate of drug-likeness (QED) is 0.884. The molecular weight excluding hydrogens is 232 g/mol. The highest BCUT2D eigenvalue weighted by atomic mass is 32.2. The van der Waals surface area contributed by atoms with E-state index in [2.05, 4.69) is 38.6 Å². The van der Waals surface area contributed by atoms with E-state index in [-0.39, 0.29) is 0 Å². The van der Waals surface area contributed by atoms with Crippen LogP contribution in [-0.4, -0.2) is 33.9 Å². The topological polar surface area (TPSA) is 24.9 Å². The molecule has 5 heteroatoms. The minimum Gasteiger partial charge on any atom is -0.312 e. The molecule has 14 heavy (non-hydrogen) atoms. The molecule has 0 aromatic carbocycles. The molecule has 1 aliphatic rings. The second-order valence-corrected chi connectivity index (χ2v) is 6.36. The molecular formula is C9H14N2S3. The Morgan fingerprint density at radius 2 is 2.50 bits per heavy atom. The first-order valence-corrected chi connectivity index (χ1v) is 7.71. The molecule has 2 unspecified atom stereocenters. The molecule has 2 heterocycles. The highest BCUT2D eigenvalue weighted by molar-refractivity contribution is 8.06. The van der Waals surface area contributed by atoms with Crippen LogP contribution >= 0.6 is 35.1 Å². The molecule has 0 saturated carbocycles. The average molecular weight is 246 g/mol. The lowest BCUT2D eigenvalue weighted by atomic mass is 10.1. The number of hydrogen-bond acceptors (Lipinski definition) is 5.